The Morgan fingerprint density at radius 3 is 2.32 bits per heavy atom. The number of nitrogens with two attached hydrogens (primary N) is 1. The molecule has 1 aliphatic heterocycles. The Kier molecular flexibility index (Phi) is 4.74. The number of piperazine rings is 1. The maximum absolute atomic E-state index is 5.96. The summed E-state index contributed by atoms with van der Waals surface area (Å²) in [5, 5.41) is 3.35. The Hall–Kier alpha value is -1.17. The molecule has 1 aliphatic rings. The molecule has 0 bridgehead atoms. The number of benzene rings is 1. The third-order valence-corrected chi connectivity index (χ3v) is 3.73. The number of rotatable bonds is 4. The summed E-state index contributed by atoms with van der Waals surface area (Å²) >= 11 is 5.27. The molecule has 1 aromatic carbocycles. The van der Waals surface area contributed by atoms with E-state index in [4.69, 9.17) is 18.0 Å². The van der Waals surface area contributed by atoms with Gasteiger partial charge in [-0.2, -0.15) is 0 Å². The smallest absolute Gasteiger partial charge is 0.0948 e. The van der Waals surface area contributed by atoms with Crippen LogP contribution in [0.2, 0.25) is 0 Å². The molecule has 2 rings (SSSR count). The monoisotopic (exact) mass is 278 g/mol. The molecule has 104 valence electrons. The van der Waals surface area contributed by atoms with Gasteiger partial charge in [-0.3, -0.25) is 4.90 Å². The summed E-state index contributed by atoms with van der Waals surface area (Å²) in [5.41, 5.74) is 8.32. The van der Waals surface area contributed by atoms with Crippen molar-refractivity contribution in [2.75, 3.05) is 45.2 Å². The van der Waals surface area contributed by atoms with E-state index in [0.29, 0.717) is 4.99 Å². The first-order valence-electron chi connectivity index (χ1n) is 6.61. The van der Waals surface area contributed by atoms with Gasteiger partial charge in [-0.1, -0.05) is 24.4 Å². The topological polar surface area (TPSA) is 44.5 Å². The minimum atomic E-state index is 0.0494. The fraction of sp³-hybridized carbons (Fsp3) is 0.500. The fourth-order valence-corrected chi connectivity index (χ4v) is 2.74. The quantitative estimate of drug-likeness (QED) is 0.804. The first-order chi connectivity index (χ1) is 9.09. The highest BCUT2D eigenvalue weighted by Gasteiger charge is 2.24. The van der Waals surface area contributed by atoms with Crippen LogP contribution in [0.3, 0.4) is 0 Å². The highest BCUT2D eigenvalue weighted by Crippen LogP contribution is 2.24. The van der Waals surface area contributed by atoms with Gasteiger partial charge in [-0.15, -0.1) is 0 Å². The molecule has 1 atom stereocenters. The van der Waals surface area contributed by atoms with Gasteiger partial charge in [0.2, 0.25) is 0 Å². The number of anilines is 1. The van der Waals surface area contributed by atoms with Crippen LogP contribution in [0.4, 0.5) is 5.69 Å². The second-order valence-corrected chi connectivity index (χ2v) is 5.55. The minimum absolute atomic E-state index is 0.0494. The summed E-state index contributed by atoms with van der Waals surface area (Å²) < 4.78 is 0. The van der Waals surface area contributed by atoms with Crippen LogP contribution < -0.4 is 16.0 Å². The molecule has 19 heavy (non-hydrogen) atoms. The molecule has 1 fully saturated rings. The molecule has 4 nitrogen and oxygen atoms in total. The van der Waals surface area contributed by atoms with E-state index in [1.54, 1.807) is 0 Å². The van der Waals surface area contributed by atoms with Crippen LogP contribution in [0.1, 0.15) is 11.6 Å². The van der Waals surface area contributed by atoms with E-state index in [0.717, 1.165) is 26.2 Å². The lowest BCUT2D eigenvalue weighted by Gasteiger charge is -2.34. The van der Waals surface area contributed by atoms with Crippen LogP contribution in [-0.2, 0) is 0 Å². The predicted octanol–water partition coefficient (Wildman–Crippen LogP) is 0.985. The van der Waals surface area contributed by atoms with Crippen molar-refractivity contribution in [1.82, 2.24) is 10.2 Å². The highest BCUT2D eigenvalue weighted by molar-refractivity contribution is 7.80. The minimum Gasteiger partial charge on any atom is -0.392 e. The van der Waals surface area contributed by atoms with Crippen molar-refractivity contribution in [1.29, 1.82) is 0 Å². The Morgan fingerprint density at radius 1 is 1.26 bits per heavy atom. The van der Waals surface area contributed by atoms with Gasteiger partial charge in [0.15, 0.2) is 0 Å². The van der Waals surface area contributed by atoms with Crippen LogP contribution in [-0.4, -0.2) is 50.2 Å². The van der Waals surface area contributed by atoms with Crippen LogP contribution in [0.15, 0.2) is 24.3 Å². The Balaban J connectivity index is 2.20. The third-order valence-electron chi connectivity index (χ3n) is 3.51. The first-order valence-corrected chi connectivity index (χ1v) is 7.02. The van der Waals surface area contributed by atoms with Crippen LogP contribution in [0.5, 0.6) is 0 Å². The molecule has 0 spiro atoms. The van der Waals surface area contributed by atoms with Crippen molar-refractivity contribution in [3.8, 4) is 0 Å². The zero-order valence-electron chi connectivity index (χ0n) is 11.6. The van der Waals surface area contributed by atoms with Gasteiger partial charge in [0.25, 0.3) is 0 Å². The van der Waals surface area contributed by atoms with Gasteiger partial charge in [0, 0.05) is 46.0 Å². The average molecular weight is 278 g/mol. The zero-order valence-corrected chi connectivity index (χ0v) is 12.4. The van der Waals surface area contributed by atoms with Gasteiger partial charge >= 0.3 is 0 Å². The molecular weight excluding hydrogens is 256 g/mol. The number of hydrogen-bond donors (Lipinski definition) is 2. The summed E-state index contributed by atoms with van der Waals surface area (Å²) in [6.45, 7) is 3.96. The van der Waals surface area contributed by atoms with E-state index in [2.05, 4.69) is 39.4 Å². The van der Waals surface area contributed by atoms with Gasteiger partial charge in [0.1, 0.15) is 0 Å². The molecular formula is C14H22N4S. The summed E-state index contributed by atoms with van der Waals surface area (Å²) in [7, 11) is 4.08. The van der Waals surface area contributed by atoms with Crippen molar-refractivity contribution in [2.24, 2.45) is 5.73 Å². The van der Waals surface area contributed by atoms with Crippen LogP contribution >= 0.6 is 12.2 Å². The maximum Gasteiger partial charge on any atom is 0.0948 e. The number of nitrogens with zero attached hydrogens (tertiary/aromatic N) is 2. The van der Waals surface area contributed by atoms with Gasteiger partial charge in [-0.05, 0) is 17.7 Å². The molecule has 1 saturated heterocycles. The lowest BCUT2D eigenvalue weighted by Crippen LogP contribution is -2.48. The molecule has 1 unspecified atom stereocenters. The normalized spacial score (nSPS) is 18.0. The van der Waals surface area contributed by atoms with Crippen LogP contribution in [0.25, 0.3) is 0 Å². The predicted molar refractivity (Wildman–Crippen MR) is 84.7 cm³/mol. The van der Waals surface area contributed by atoms with Crippen molar-refractivity contribution in [3.05, 3.63) is 29.8 Å². The number of nitrogens with one attached hydrogen (secondary N) is 1. The van der Waals surface area contributed by atoms with E-state index in [1.807, 2.05) is 14.1 Å². The number of hydrogen-bond acceptors (Lipinski definition) is 4. The molecule has 0 aromatic heterocycles. The standard InChI is InChI=1S/C14H22N4S/c1-17(2)12-5-3-11(4-6-12)13(14(15)19)18-9-7-16-8-10-18/h3-6,13,16H,7-10H2,1-2H3,(H2,15,19). The molecule has 0 aliphatic carbocycles. The summed E-state index contributed by atoms with van der Waals surface area (Å²) in [6, 6.07) is 8.53. The second-order valence-electron chi connectivity index (χ2n) is 5.08. The number of thiocarbonyl (C=S) groups is 1. The third kappa shape index (κ3) is 3.43. The van der Waals surface area contributed by atoms with E-state index in [1.165, 1.54) is 11.3 Å². The van der Waals surface area contributed by atoms with Crippen molar-refractivity contribution in [2.45, 2.75) is 6.04 Å². The van der Waals surface area contributed by atoms with Crippen LogP contribution in [0, 0.1) is 0 Å². The van der Waals surface area contributed by atoms with E-state index >= 15 is 0 Å². The van der Waals surface area contributed by atoms with E-state index in [-0.39, 0.29) is 6.04 Å². The highest BCUT2D eigenvalue weighted by atomic mass is 32.1. The van der Waals surface area contributed by atoms with Gasteiger partial charge < -0.3 is 16.0 Å². The molecule has 0 saturated carbocycles. The van der Waals surface area contributed by atoms with Crippen molar-refractivity contribution < 1.29 is 0 Å². The average Bonchev–Trinajstić information content (AvgIpc) is 2.40. The Morgan fingerprint density at radius 2 is 1.84 bits per heavy atom. The van der Waals surface area contributed by atoms with E-state index in [9.17, 15) is 0 Å². The fourth-order valence-electron chi connectivity index (χ4n) is 2.45. The maximum atomic E-state index is 5.96. The van der Waals surface area contributed by atoms with Crippen molar-refractivity contribution >= 4 is 22.9 Å². The molecule has 0 amide bonds. The zero-order chi connectivity index (χ0) is 13.8. The first kappa shape index (κ1) is 14.2. The molecule has 1 heterocycles. The van der Waals surface area contributed by atoms with Crippen molar-refractivity contribution in [3.63, 3.8) is 0 Å². The van der Waals surface area contributed by atoms with Gasteiger partial charge in [-0.25, -0.2) is 0 Å². The molecule has 1 aromatic rings. The molecule has 0 radical (unpaired) electrons. The Bertz CT molecular complexity index is 424. The largest absolute Gasteiger partial charge is 0.392 e. The Labute approximate surface area is 120 Å². The summed E-state index contributed by atoms with van der Waals surface area (Å²) in [4.78, 5) is 4.99. The lowest BCUT2D eigenvalue weighted by atomic mass is 10.0. The SMILES string of the molecule is CN(C)c1ccc(C(C(N)=S)N2CCNCC2)cc1. The summed E-state index contributed by atoms with van der Waals surface area (Å²) in [6.07, 6.45) is 0. The van der Waals surface area contributed by atoms with Gasteiger partial charge in [0.05, 0.1) is 11.0 Å². The molecule has 3 N–H and O–H groups in total. The lowest BCUT2D eigenvalue weighted by molar-refractivity contribution is 0.215. The molecule has 5 heteroatoms. The second kappa shape index (κ2) is 6.32. The summed E-state index contributed by atoms with van der Waals surface area (Å²) in [5.74, 6) is 0. The van der Waals surface area contributed by atoms with E-state index < -0.39 is 0 Å².